The normalized spacial score (nSPS) is 16.2. The molecule has 0 aromatic heterocycles. The van der Waals surface area contributed by atoms with E-state index in [0.29, 0.717) is 23.0 Å². The monoisotopic (exact) mass is 440 g/mol. The number of ether oxygens (including phenoxy) is 1. The number of carbonyl (C=O) groups excluding carboxylic acids is 1. The first-order valence-electron chi connectivity index (χ1n) is 8.68. The second kappa shape index (κ2) is 9.07. The van der Waals surface area contributed by atoms with Gasteiger partial charge < -0.3 is 10.1 Å². The van der Waals surface area contributed by atoms with E-state index in [2.05, 4.69) is 5.32 Å². The van der Waals surface area contributed by atoms with Crippen LogP contribution in [-0.2, 0) is 20.6 Å². The number of rotatable bonds is 7. The highest BCUT2D eigenvalue weighted by Crippen LogP contribution is 2.34. The van der Waals surface area contributed by atoms with Gasteiger partial charge in [0.25, 0.3) is 5.91 Å². The maximum atomic E-state index is 12.5. The van der Waals surface area contributed by atoms with E-state index in [4.69, 9.17) is 16.3 Å². The van der Waals surface area contributed by atoms with Gasteiger partial charge in [-0.1, -0.05) is 35.9 Å². The number of hydrogen-bond acceptors (Lipinski definition) is 5. The van der Waals surface area contributed by atoms with Crippen LogP contribution in [0.4, 0.5) is 5.69 Å². The number of benzene rings is 2. The van der Waals surface area contributed by atoms with Crippen LogP contribution in [-0.4, -0.2) is 45.5 Å². The Morgan fingerprint density at radius 3 is 2.82 bits per heavy atom. The molecule has 0 saturated heterocycles. The van der Waals surface area contributed by atoms with Crippen molar-refractivity contribution in [3.05, 3.63) is 59.1 Å². The first-order valence-corrected chi connectivity index (χ1v) is 12.1. The van der Waals surface area contributed by atoms with Crippen LogP contribution >= 0.6 is 23.4 Å². The highest BCUT2D eigenvalue weighted by atomic mass is 35.5. The lowest BCUT2D eigenvalue weighted by Crippen LogP contribution is -2.50. The van der Waals surface area contributed by atoms with Crippen molar-refractivity contribution in [3.63, 3.8) is 0 Å². The summed E-state index contributed by atoms with van der Waals surface area (Å²) < 4.78 is 31.1. The van der Waals surface area contributed by atoms with Crippen molar-refractivity contribution >= 4 is 45.0 Å². The number of amides is 1. The number of sulfonamides is 1. The minimum absolute atomic E-state index is 0.0443. The largest absolute Gasteiger partial charge is 0.476 e. The Balaban J connectivity index is 1.52. The van der Waals surface area contributed by atoms with Gasteiger partial charge in [0, 0.05) is 23.1 Å². The van der Waals surface area contributed by atoms with Crippen LogP contribution in [0.2, 0.25) is 5.02 Å². The molecule has 0 spiro atoms. The summed E-state index contributed by atoms with van der Waals surface area (Å²) in [5.41, 5.74) is 1.57. The van der Waals surface area contributed by atoms with E-state index >= 15 is 0 Å². The summed E-state index contributed by atoms with van der Waals surface area (Å²) in [5.74, 6) is 1.57. The first kappa shape index (κ1) is 20.8. The Bertz CT molecular complexity index is 952. The summed E-state index contributed by atoms with van der Waals surface area (Å²) >= 11 is 7.64. The van der Waals surface area contributed by atoms with Gasteiger partial charge in [0.15, 0.2) is 6.10 Å². The number of nitrogens with zero attached hydrogens (tertiary/aromatic N) is 1. The zero-order chi connectivity index (χ0) is 20.1. The topological polar surface area (TPSA) is 75.7 Å². The molecule has 2 aromatic rings. The zero-order valence-corrected chi connectivity index (χ0v) is 17.7. The quantitative estimate of drug-likeness (QED) is 0.670. The van der Waals surface area contributed by atoms with E-state index in [1.165, 1.54) is 4.31 Å². The van der Waals surface area contributed by atoms with Crippen molar-refractivity contribution in [2.24, 2.45) is 0 Å². The van der Waals surface area contributed by atoms with Crippen LogP contribution in [0.1, 0.15) is 5.56 Å². The van der Waals surface area contributed by atoms with Gasteiger partial charge in [-0.05, 0) is 29.8 Å². The molecular weight excluding hydrogens is 420 g/mol. The fourth-order valence-corrected chi connectivity index (χ4v) is 4.76. The van der Waals surface area contributed by atoms with Gasteiger partial charge in [0.1, 0.15) is 5.75 Å². The van der Waals surface area contributed by atoms with Gasteiger partial charge in [-0.25, -0.2) is 8.42 Å². The molecule has 0 fully saturated rings. The smallest absolute Gasteiger partial charge is 0.263 e. The molecule has 1 amide bonds. The second-order valence-electron chi connectivity index (χ2n) is 6.34. The standard InChI is InChI=1S/C19H21ClN2O4S2/c1-28(24,25)22-12-18(26-17-8-3-2-7-16(17)22)19(23)21-9-10-27-13-14-5-4-6-15(20)11-14/h2-8,11,18H,9-10,12-13H2,1H3,(H,21,23)/t18-/m0/s1. The number of para-hydroxylation sites is 2. The van der Waals surface area contributed by atoms with Gasteiger partial charge >= 0.3 is 0 Å². The van der Waals surface area contributed by atoms with Gasteiger partial charge in [-0.2, -0.15) is 11.8 Å². The molecule has 0 radical (unpaired) electrons. The Kier molecular flexibility index (Phi) is 6.74. The number of nitrogens with one attached hydrogen (secondary N) is 1. The van der Waals surface area contributed by atoms with Crippen molar-refractivity contribution < 1.29 is 17.9 Å². The summed E-state index contributed by atoms with van der Waals surface area (Å²) in [6.07, 6.45) is 0.235. The lowest BCUT2D eigenvalue weighted by molar-refractivity contribution is -0.127. The molecule has 0 saturated carbocycles. The average molecular weight is 441 g/mol. The van der Waals surface area contributed by atoms with Crippen molar-refractivity contribution in [2.75, 3.05) is 29.4 Å². The summed E-state index contributed by atoms with van der Waals surface area (Å²) in [6, 6.07) is 14.5. The number of hydrogen-bond donors (Lipinski definition) is 1. The Hall–Kier alpha value is -1.90. The maximum Gasteiger partial charge on any atom is 0.263 e. The Labute approximate surface area is 174 Å². The molecule has 28 heavy (non-hydrogen) atoms. The van der Waals surface area contributed by atoms with E-state index in [-0.39, 0.29) is 12.5 Å². The minimum Gasteiger partial charge on any atom is -0.476 e. The third-order valence-corrected chi connectivity index (χ3v) is 6.54. The van der Waals surface area contributed by atoms with E-state index in [0.717, 1.165) is 23.3 Å². The molecule has 1 N–H and O–H groups in total. The van der Waals surface area contributed by atoms with Crippen LogP contribution in [0.5, 0.6) is 5.75 Å². The van der Waals surface area contributed by atoms with Gasteiger partial charge in [-0.3, -0.25) is 9.10 Å². The van der Waals surface area contributed by atoms with Crippen molar-refractivity contribution in [1.82, 2.24) is 5.32 Å². The third kappa shape index (κ3) is 5.33. The SMILES string of the molecule is CS(=O)(=O)N1C[C@@H](C(=O)NCCSCc2cccc(Cl)c2)Oc2ccccc21. The van der Waals surface area contributed by atoms with Gasteiger partial charge in [-0.15, -0.1) is 0 Å². The summed E-state index contributed by atoms with van der Waals surface area (Å²) in [5, 5.41) is 3.53. The summed E-state index contributed by atoms with van der Waals surface area (Å²) in [4.78, 5) is 12.5. The Morgan fingerprint density at radius 2 is 2.07 bits per heavy atom. The van der Waals surface area contributed by atoms with E-state index < -0.39 is 16.1 Å². The molecule has 1 atom stereocenters. The van der Waals surface area contributed by atoms with Gasteiger partial charge in [0.2, 0.25) is 10.0 Å². The zero-order valence-electron chi connectivity index (χ0n) is 15.3. The summed E-state index contributed by atoms with van der Waals surface area (Å²) in [7, 11) is -3.51. The number of carbonyl (C=O) groups is 1. The molecule has 150 valence electrons. The number of halogens is 1. The third-order valence-electron chi connectivity index (χ3n) is 4.13. The molecule has 9 heteroatoms. The van der Waals surface area contributed by atoms with Crippen LogP contribution < -0.4 is 14.4 Å². The fraction of sp³-hybridized carbons (Fsp3) is 0.316. The number of anilines is 1. The van der Waals surface area contributed by atoms with Crippen LogP contribution in [0, 0.1) is 0 Å². The fourth-order valence-electron chi connectivity index (χ4n) is 2.83. The molecular formula is C19H21ClN2O4S2. The van der Waals surface area contributed by atoms with Crippen LogP contribution in [0.15, 0.2) is 48.5 Å². The lowest BCUT2D eigenvalue weighted by Gasteiger charge is -2.33. The van der Waals surface area contributed by atoms with E-state index in [1.54, 1.807) is 36.0 Å². The Morgan fingerprint density at radius 1 is 1.29 bits per heavy atom. The molecule has 1 heterocycles. The molecule has 2 aromatic carbocycles. The van der Waals surface area contributed by atoms with Crippen molar-refractivity contribution in [1.29, 1.82) is 0 Å². The molecule has 1 aliphatic heterocycles. The molecule has 1 aliphatic rings. The second-order valence-corrected chi connectivity index (χ2v) is 9.79. The molecule has 6 nitrogen and oxygen atoms in total. The molecule has 0 unspecified atom stereocenters. The van der Waals surface area contributed by atoms with Crippen molar-refractivity contribution in [2.45, 2.75) is 11.9 Å². The predicted octanol–water partition coefficient (Wildman–Crippen LogP) is 2.92. The summed E-state index contributed by atoms with van der Waals surface area (Å²) in [6.45, 7) is 0.418. The molecule has 3 rings (SSSR count). The van der Waals surface area contributed by atoms with Crippen LogP contribution in [0.25, 0.3) is 0 Å². The molecule has 0 bridgehead atoms. The van der Waals surface area contributed by atoms with Gasteiger partial charge in [0.05, 0.1) is 18.5 Å². The minimum atomic E-state index is -3.51. The first-order chi connectivity index (χ1) is 13.3. The highest BCUT2D eigenvalue weighted by Gasteiger charge is 2.34. The average Bonchev–Trinajstić information content (AvgIpc) is 2.66. The van der Waals surface area contributed by atoms with E-state index in [9.17, 15) is 13.2 Å². The lowest BCUT2D eigenvalue weighted by atomic mass is 10.2. The number of fused-ring (bicyclic) bond motifs is 1. The predicted molar refractivity (Wildman–Crippen MR) is 114 cm³/mol. The molecule has 0 aliphatic carbocycles. The van der Waals surface area contributed by atoms with Crippen LogP contribution in [0.3, 0.4) is 0 Å². The van der Waals surface area contributed by atoms with Crippen molar-refractivity contribution in [3.8, 4) is 5.75 Å². The van der Waals surface area contributed by atoms with E-state index in [1.807, 2.05) is 24.3 Å². The maximum absolute atomic E-state index is 12.5. The highest BCUT2D eigenvalue weighted by molar-refractivity contribution is 7.98. The number of thioether (sulfide) groups is 1.